The number of aryl methyl sites for hydroxylation is 2. The zero-order valence-corrected chi connectivity index (χ0v) is 53.4. The van der Waals surface area contributed by atoms with Crippen LogP contribution in [0.2, 0.25) is 0 Å². The Kier molecular flexibility index (Phi) is 30.4. The van der Waals surface area contributed by atoms with E-state index >= 15 is 0 Å². The number of carbonyl (C=O) groups is 8. The van der Waals surface area contributed by atoms with Crippen LogP contribution >= 0.6 is 11.8 Å². The number of nitriles is 1. The van der Waals surface area contributed by atoms with Gasteiger partial charge in [-0.05, 0) is 114 Å². The number of nitrogens with zero attached hydrogens (tertiary/aromatic N) is 8. The van der Waals surface area contributed by atoms with E-state index in [2.05, 4.69) is 55.4 Å². The quantitative estimate of drug-likeness (QED) is 0.0377. The van der Waals surface area contributed by atoms with Crippen molar-refractivity contribution in [2.75, 3.05) is 136 Å². The number of aromatic nitrogens is 1. The average molecular weight is 1270 g/mol. The summed E-state index contributed by atoms with van der Waals surface area (Å²) in [6, 6.07) is 15.2. The van der Waals surface area contributed by atoms with Crippen LogP contribution in [0, 0.1) is 24.2 Å². The van der Waals surface area contributed by atoms with Gasteiger partial charge in [-0.1, -0.05) is 36.8 Å². The molecule has 3 saturated heterocycles. The summed E-state index contributed by atoms with van der Waals surface area (Å²) in [5.74, 6) is -1.76. The minimum absolute atomic E-state index is 0.0288. The van der Waals surface area contributed by atoms with Crippen molar-refractivity contribution >= 4 is 70.5 Å². The molecular formula is C64H93FN12O12S. The molecule has 6 N–H and O–H groups in total. The number of carbonyl (C=O) groups excluding carboxylic acids is 7. The van der Waals surface area contributed by atoms with Crippen molar-refractivity contribution in [1.82, 2.24) is 55.7 Å². The molecule has 26 heteroatoms. The number of pyridine rings is 1. The van der Waals surface area contributed by atoms with E-state index in [0.29, 0.717) is 139 Å². The molecule has 3 aliphatic rings. The third-order valence-electron chi connectivity index (χ3n) is 16.7. The van der Waals surface area contributed by atoms with E-state index in [-0.39, 0.29) is 74.3 Å². The van der Waals surface area contributed by atoms with Crippen LogP contribution in [-0.2, 0) is 44.7 Å². The molecule has 3 fully saturated rings. The van der Waals surface area contributed by atoms with Gasteiger partial charge in [0.25, 0.3) is 18.3 Å². The van der Waals surface area contributed by atoms with Crippen molar-refractivity contribution in [2.45, 2.75) is 115 Å². The molecule has 4 atom stereocenters. The third-order valence-corrected chi connectivity index (χ3v) is 17.7. The van der Waals surface area contributed by atoms with Crippen LogP contribution in [0.4, 0.5) is 4.39 Å². The SMILES string of the molecule is CCN1CCN(COC=O)CCN(CC(=O)O)CCN(CC(=O)NC(CCCCNC(=O)CCCc2ccc(C)cc2)C(=O)NCCSC[C@@H](O)C(=O)N2CCC(CCCOc3ccc4nccc(C(=O)NCC(=O)N5CC(C)(F)C[C@@H]5C#N)c4c3)CC2)CC1. The number of likely N-dealkylation sites (tertiary alicyclic amines) is 2. The number of piperidine rings is 1. The number of fused-ring (bicyclic) bond motifs is 1. The molecule has 2 aromatic carbocycles. The first kappa shape index (κ1) is 72.0. The Balaban J connectivity index is 0.919. The zero-order chi connectivity index (χ0) is 64.8. The lowest BCUT2D eigenvalue weighted by Crippen LogP contribution is -2.52. The first-order chi connectivity index (χ1) is 43.3. The Bertz CT molecular complexity index is 2860. The maximum atomic E-state index is 14.6. The van der Waals surface area contributed by atoms with Crippen LogP contribution in [0.5, 0.6) is 5.75 Å². The molecule has 0 spiro atoms. The Hall–Kier alpha value is -7.02. The van der Waals surface area contributed by atoms with E-state index in [1.807, 2.05) is 29.7 Å². The number of ether oxygens (including phenoxy) is 2. The second kappa shape index (κ2) is 38.0. The number of nitrogens with one attached hydrogen (secondary N) is 4. The van der Waals surface area contributed by atoms with E-state index in [4.69, 9.17) is 9.47 Å². The number of alkyl halides is 1. The largest absolute Gasteiger partial charge is 0.494 e. The van der Waals surface area contributed by atoms with Gasteiger partial charge < -0.3 is 55.7 Å². The first-order valence-corrected chi connectivity index (χ1v) is 32.8. The number of aliphatic hydroxyl groups is 1. The van der Waals surface area contributed by atoms with E-state index in [1.54, 1.807) is 34.1 Å². The lowest BCUT2D eigenvalue weighted by molar-refractivity contribution is -0.140. The molecule has 494 valence electrons. The Labute approximate surface area is 532 Å². The minimum Gasteiger partial charge on any atom is -0.494 e. The number of carboxylic acids is 1. The molecule has 3 aromatic rings. The highest BCUT2D eigenvalue weighted by Crippen LogP contribution is 2.30. The predicted octanol–water partition coefficient (Wildman–Crippen LogP) is 2.98. The summed E-state index contributed by atoms with van der Waals surface area (Å²) in [6.07, 6.45) is 6.66. The van der Waals surface area contributed by atoms with Crippen LogP contribution < -0.4 is 26.0 Å². The second-order valence-corrected chi connectivity index (χ2v) is 25.0. The molecule has 0 saturated carbocycles. The molecule has 0 radical (unpaired) electrons. The zero-order valence-electron chi connectivity index (χ0n) is 52.6. The molecule has 0 bridgehead atoms. The van der Waals surface area contributed by atoms with Crippen molar-refractivity contribution in [3.8, 4) is 11.8 Å². The van der Waals surface area contributed by atoms with E-state index in [9.17, 15) is 58.2 Å². The van der Waals surface area contributed by atoms with Gasteiger partial charge in [0, 0.05) is 114 Å². The minimum atomic E-state index is -1.68. The summed E-state index contributed by atoms with van der Waals surface area (Å²) >= 11 is 1.33. The van der Waals surface area contributed by atoms with Gasteiger partial charge in [0.2, 0.25) is 23.6 Å². The monoisotopic (exact) mass is 1270 g/mol. The summed E-state index contributed by atoms with van der Waals surface area (Å²) in [5, 5.41) is 42.1. The van der Waals surface area contributed by atoms with Gasteiger partial charge in [0.1, 0.15) is 36.3 Å². The number of benzene rings is 2. The highest BCUT2D eigenvalue weighted by atomic mass is 32.2. The number of hydrogen-bond acceptors (Lipinski definition) is 18. The van der Waals surface area contributed by atoms with Crippen LogP contribution in [0.1, 0.15) is 99.5 Å². The second-order valence-electron chi connectivity index (χ2n) is 23.8. The van der Waals surface area contributed by atoms with Crippen LogP contribution in [0.3, 0.4) is 0 Å². The number of halogens is 1. The van der Waals surface area contributed by atoms with Gasteiger partial charge in [-0.3, -0.25) is 58.0 Å². The first-order valence-electron chi connectivity index (χ1n) is 31.6. The summed E-state index contributed by atoms with van der Waals surface area (Å²) in [7, 11) is 0. The van der Waals surface area contributed by atoms with Crippen LogP contribution in [0.15, 0.2) is 54.7 Å². The number of rotatable bonds is 33. The van der Waals surface area contributed by atoms with E-state index < -0.39 is 48.2 Å². The number of likely N-dealkylation sites (N-methyl/N-ethyl adjacent to an activating group) is 1. The smallest absolute Gasteiger partial charge is 0.317 e. The highest BCUT2D eigenvalue weighted by Gasteiger charge is 2.43. The van der Waals surface area contributed by atoms with Crippen molar-refractivity contribution < 1.29 is 62.4 Å². The van der Waals surface area contributed by atoms with Crippen LogP contribution in [0.25, 0.3) is 10.9 Å². The lowest BCUT2D eigenvalue weighted by Gasteiger charge is -2.33. The molecule has 24 nitrogen and oxygen atoms in total. The molecule has 2 unspecified atom stereocenters. The lowest BCUT2D eigenvalue weighted by atomic mass is 9.92. The molecule has 6 amide bonds. The standard InChI is InChI=1S/C64H93FN12O12S/c1-4-72-27-29-73(30-31-74(42-60(83)84)32-34-75(33-28-72)45-88-46-78)41-58(81)71-55(11-5-6-22-68-57(80)12-7-9-48-15-13-47(2)14-16-48)62(86)69-24-36-90-43-56(79)63(87)76-25-20-49(21-26-76)10-8-35-89-51-17-18-54-53(37-51)52(19-23-67-54)61(85)70-40-59(82)77-44-64(3,65)38-50(77)39-66/h13-19,23,37,46,49-50,55-56,79H,4-12,20-22,24-36,38,40-45H2,1-3H3,(H,68,80)(H,69,86)(H,70,85)(H,71,81)(H,83,84)/t50-,55?,56-,64?/m1/s1. The fourth-order valence-corrected chi connectivity index (χ4v) is 12.2. The average Bonchev–Trinajstić information content (AvgIpc) is 1.34. The number of aliphatic hydroxyl groups excluding tert-OH is 1. The maximum absolute atomic E-state index is 14.6. The van der Waals surface area contributed by atoms with E-state index in [0.717, 1.165) is 50.0 Å². The summed E-state index contributed by atoms with van der Waals surface area (Å²) in [6.45, 7) is 11.9. The predicted molar refractivity (Wildman–Crippen MR) is 339 cm³/mol. The fourth-order valence-electron chi connectivity index (χ4n) is 11.4. The number of thioether (sulfide) groups is 1. The van der Waals surface area contributed by atoms with E-state index in [1.165, 1.54) is 36.0 Å². The fraction of sp³-hybridized carbons (Fsp3) is 0.625. The summed E-state index contributed by atoms with van der Waals surface area (Å²) in [5.41, 5.74) is 1.52. The molecule has 1 aromatic heterocycles. The number of aliphatic carboxylic acids is 1. The van der Waals surface area contributed by atoms with Gasteiger partial charge in [-0.25, -0.2) is 4.39 Å². The van der Waals surface area contributed by atoms with Crippen molar-refractivity contribution in [2.24, 2.45) is 5.92 Å². The van der Waals surface area contributed by atoms with Gasteiger partial charge in [0.05, 0.1) is 49.9 Å². The van der Waals surface area contributed by atoms with Crippen molar-refractivity contribution in [3.05, 3.63) is 71.4 Å². The Morgan fingerprint density at radius 3 is 2.24 bits per heavy atom. The van der Waals surface area contributed by atoms with Gasteiger partial charge in [-0.2, -0.15) is 17.0 Å². The normalized spacial score (nSPS) is 19.1. The number of amides is 6. The van der Waals surface area contributed by atoms with Crippen LogP contribution in [-0.4, -0.2) is 252 Å². The van der Waals surface area contributed by atoms with Crippen molar-refractivity contribution in [1.29, 1.82) is 5.26 Å². The Morgan fingerprint density at radius 2 is 1.56 bits per heavy atom. The molecule has 0 aliphatic carbocycles. The molecule has 90 heavy (non-hydrogen) atoms. The molecule has 4 heterocycles. The summed E-state index contributed by atoms with van der Waals surface area (Å²) < 4.78 is 25.7. The van der Waals surface area contributed by atoms with Gasteiger partial charge in [-0.15, -0.1) is 0 Å². The molecule has 3 aliphatic heterocycles. The molecular weight excluding hydrogens is 1180 g/mol. The Morgan fingerprint density at radius 1 is 0.856 bits per heavy atom. The topological polar surface area (TPSA) is 300 Å². The third kappa shape index (κ3) is 25.0. The summed E-state index contributed by atoms with van der Waals surface area (Å²) in [4.78, 5) is 118. The van der Waals surface area contributed by atoms with Crippen molar-refractivity contribution in [3.63, 3.8) is 0 Å². The number of carboxylic acid groups (broad SMARTS) is 1. The maximum Gasteiger partial charge on any atom is 0.317 e. The van der Waals surface area contributed by atoms with Gasteiger partial charge >= 0.3 is 5.97 Å². The molecule has 6 rings (SSSR count). The highest BCUT2D eigenvalue weighted by molar-refractivity contribution is 7.99. The number of unbranched alkanes of at least 4 members (excludes halogenated alkanes) is 1. The number of hydrogen-bond donors (Lipinski definition) is 6. The van der Waals surface area contributed by atoms with Gasteiger partial charge in [0.15, 0.2) is 0 Å².